The number of hydrogen-bond acceptors (Lipinski definition) is 6. The summed E-state index contributed by atoms with van der Waals surface area (Å²) in [6.07, 6.45) is 4.01. The monoisotopic (exact) mass is 444 g/mol. The Hall–Kier alpha value is -3.91. The number of oxazole rings is 1. The largest absolute Gasteiger partial charge is 0.487 e. The zero-order valence-corrected chi connectivity index (χ0v) is 18.1. The molecular weight excluding hydrogens is 424 g/mol. The van der Waals surface area contributed by atoms with Gasteiger partial charge in [0.25, 0.3) is 0 Å². The van der Waals surface area contributed by atoms with Crippen LogP contribution in [0.2, 0.25) is 0 Å². The van der Waals surface area contributed by atoms with E-state index in [0.717, 1.165) is 16.2 Å². The van der Waals surface area contributed by atoms with Crippen molar-refractivity contribution in [2.45, 2.75) is 20.0 Å². The molecule has 1 aromatic carbocycles. The fourth-order valence-electron chi connectivity index (χ4n) is 3.33. The average molecular weight is 445 g/mol. The van der Waals surface area contributed by atoms with Crippen molar-refractivity contribution in [1.82, 2.24) is 14.4 Å². The van der Waals surface area contributed by atoms with Crippen LogP contribution in [0.3, 0.4) is 0 Å². The first kappa shape index (κ1) is 20.0. The van der Waals surface area contributed by atoms with Crippen molar-refractivity contribution in [1.29, 1.82) is 0 Å². The number of rotatable bonds is 7. The van der Waals surface area contributed by atoms with Gasteiger partial charge in [0.1, 0.15) is 23.8 Å². The lowest BCUT2D eigenvalue weighted by Gasteiger charge is -2.08. The number of carbonyl (C=O) groups is 1. The SMILES string of the molecule is Cc1oc(-c2cccs2)nc1CC(=O)Nc1cccc(OCc2cn3ccccc3n2)c1. The summed E-state index contributed by atoms with van der Waals surface area (Å²) < 4.78 is 13.5. The molecule has 5 aromatic rings. The maximum Gasteiger partial charge on any atom is 0.236 e. The number of benzene rings is 1. The van der Waals surface area contributed by atoms with E-state index in [1.165, 1.54) is 0 Å². The quantitative estimate of drug-likeness (QED) is 0.377. The number of hydrogen-bond donors (Lipinski definition) is 1. The van der Waals surface area contributed by atoms with Gasteiger partial charge >= 0.3 is 0 Å². The second kappa shape index (κ2) is 8.68. The van der Waals surface area contributed by atoms with Gasteiger partial charge in [-0.1, -0.05) is 18.2 Å². The van der Waals surface area contributed by atoms with Crippen LogP contribution in [0, 0.1) is 6.92 Å². The van der Waals surface area contributed by atoms with Crippen LogP contribution in [0.5, 0.6) is 5.75 Å². The molecule has 1 N–H and O–H groups in total. The lowest BCUT2D eigenvalue weighted by atomic mass is 10.2. The molecule has 0 unspecified atom stereocenters. The Bertz CT molecular complexity index is 1340. The number of aryl methyl sites for hydroxylation is 1. The summed E-state index contributed by atoms with van der Waals surface area (Å²) in [5.74, 6) is 1.67. The van der Waals surface area contributed by atoms with Crippen LogP contribution in [-0.4, -0.2) is 20.3 Å². The van der Waals surface area contributed by atoms with Crippen LogP contribution in [0.15, 0.2) is 76.8 Å². The smallest absolute Gasteiger partial charge is 0.236 e. The molecule has 0 saturated heterocycles. The molecule has 0 aliphatic rings. The standard InChI is InChI=1S/C24H20N4O3S/c1-16-20(27-24(31-16)21-8-5-11-32-21)13-23(29)26-17-6-4-7-19(12-17)30-15-18-14-28-10-3-2-9-22(28)25-18/h2-12,14H,13,15H2,1H3,(H,26,29). The van der Waals surface area contributed by atoms with E-state index in [2.05, 4.69) is 15.3 Å². The molecule has 1 amide bonds. The molecule has 7 nitrogen and oxygen atoms in total. The van der Waals surface area contributed by atoms with Gasteiger partial charge in [-0.25, -0.2) is 9.97 Å². The minimum absolute atomic E-state index is 0.132. The van der Waals surface area contributed by atoms with E-state index >= 15 is 0 Å². The molecule has 5 rings (SSSR count). The summed E-state index contributed by atoms with van der Waals surface area (Å²) in [5, 5.41) is 4.87. The van der Waals surface area contributed by atoms with E-state index in [1.54, 1.807) is 17.4 Å². The van der Waals surface area contributed by atoms with Crippen LogP contribution >= 0.6 is 11.3 Å². The van der Waals surface area contributed by atoms with Crippen molar-refractivity contribution in [3.05, 3.63) is 89.5 Å². The highest BCUT2D eigenvalue weighted by Crippen LogP contribution is 2.26. The third-order valence-electron chi connectivity index (χ3n) is 4.87. The van der Waals surface area contributed by atoms with E-state index in [0.29, 0.717) is 35.4 Å². The van der Waals surface area contributed by atoms with Crippen LogP contribution in [0.1, 0.15) is 17.1 Å². The second-order valence-electron chi connectivity index (χ2n) is 7.24. The lowest BCUT2D eigenvalue weighted by molar-refractivity contribution is -0.115. The number of imidazole rings is 1. The number of ether oxygens (including phenoxy) is 1. The first-order valence-corrected chi connectivity index (χ1v) is 11.0. The molecular formula is C24H20N4O3S. The van der Waals surface area contributed by atoms with Crippen molar-refractivity contribution >= 4 is 28.6 Å². The van der Waals surface area contributed by atoms with Crippen molar-refractivity contribution in [2.24, 2.45) is 0 Å². The normalized spacial score (nSPS) is 11.0. The van der Waals surface area contributed by atoms with Gasteiger partial charge < -0.3 is 18.9 Å². The van der Waals surface area contributed by atoms with Gasteiger partial charge in [-0.05, 0) is 42.6 Å². The number of nitrogens with zero attached hydrogens (tertiary/aromatic N) is 3. The van der Waals surface area contributed by atoms with Crippen LogP contribution in [-0.2, 0) is 17.8 Å². The summed E-state index contributed by atoms with van der Waals surface area (Å²) in [4.78, 5) is 22.5. The second-order valence-corrected chi connectivity index (χ2v) is 8.19. The molecule has 32 heavy (non-hydrogen) atoms. The molecule has 0 atom stereocenters. The Morgan fingerprint density at radius 1 is 1.16 bits per heavy atom. The number of anilines is 1. The third-order valence-corrected chi connectivity index (χ3v) is 5.73. The van der Waals surface area contributed by atoms with Crippen LogP contribution < -0.4 is 10.1 Å². The summed E-state index contributed by atoms with van der Waals surface area (Å²) in [6, 6.07) is 17.0. The minimum atomic E-state index is -0.170. The van der Waals surface area contributed by atoms with Gasteiger partial charge in [0.15, 0.2) is 0 Å². The lowest BCUT2D eigenvalue weighted by Crippen LogP contribution is -2.15. The Labute approximate surface area is 188 Å². The zero-order valence-electron chi connectivity index (χ0n) is 17.3. The average Bonchev–Trinajstić information content (AvgIpc) is 3.52. The van der Waals surface area contributed by atoms with Crippen molar-refractivity contribution in [3.8, 4) is 16.5 Å². The molecule has 0 aliphatic heterocycles. The maximum atomic E-state index is 12.6. The molecule has 0 fully saturated rings. The highest BCUT2D eigenvalue weighted by molar-refractivity contribution is 7.13. The number of fused-ring (bicyclic) bond motifs is 1. The summed E-state index contributed by atoms with van der Waals surface area (Å²) in [5.41, 5.74) is 2.98. The van der Waals surface area contributed by atoms with E-state index in [4.69, 9.17) is 9.15 Å². The highest BCUT2D eigenvalue weighted by Gasteiger charge is 2.15. The first-order valence-electron chi connectivity index (χ1n) is 10.1. The van der Waals surface area contributed by atoms with Crippen molar-refractivity contribution < 1.29 is 13.9 Å². The topological polar surface area (TPSA) is 81.7 Å². The van der Waals surface area contributed by atoms with Gasteiger partial charge in [0.2, 0.25) is 11.8 Å². The Kier molecular flexibility index (Phi) is 5.43. The number of amides is 1. The molecule has 0 bridgehead atoms. The van der Waals surface area contributed by atoms with Gasteiger partial charge in [0.05, 0.1) is 22.7 Å². The van der Waals surface area contributed by atoms with Gasteiger partial charge in [0, 0.05) is 24.1 Å². The summed E-state index contributed by atoms with van der Waals surface area (Å²) >= 11 is 1.55. The van der Waals surface area contributed by atoms with E-state index in [9.17, 15) is 4.79 Å². The van der Waals surface area contributed by atoms with E-state index < -0.39 is 0 Å². The van der Waals surface area contributed by atoms with E-state index in [-0.39, 0.29) is 12.3 Å². The van der Waals surface area contributed by atoms with Gasteiger partial charge in [-0.2, -0.15) is 0 Å². The molecule has 4 aromatic heterocycles. The van der Waals surface area contributed by atoms with Crippen LogP contribution in [0.25, 0.3) is 16.4 Å². The number of carbonyl (C=O) groups excluding carboxylic acids is 1. The fraction of sp³-hybridized carbons (Fsp3) is 0.125. The third kappa shape index (κ3) is 4.40. The molecule has 0 aliphatic carbocycles. The molecule has 0 spiro atoms. The number of pyridine rings is 1. The number of nitrogens with one attached hydrogen (secondary N) is 1. The molecule has 0 saturated carbocycles. The summed E-state index contributed by atoms with van der Waals surface area (Å²) in [7, 11) is 0. The van der Waals surface area contributed by atoms with Crippen molar-refractivity contribution in [3.63, 3.8) is 0 Å². The predicted octanol–water partition coefficient (Wildman–Crippen LogP) is 5.12. The van der Waals surface area contributed by atoms with E-state index in [1.807, 2.05) is 77.6 Å². The highest BCUT2D eigenvalue weighted by atomic mass is 32.1. The predicted molar refractivity (Wildman–Crippen MR) is 123 cm³/mol. The molecule has 160 valence electrons. The fourth-order valence-corrected chi connectivity index (χ4v) is 3.98. The van der Waals surface area contributed by atoms with Gasteiger partial charge in [-0.15, -0.1) is 11.3 Å². The number of aromatic nitrogens is 3. The molecule has 4 heterocycles. The molecule has 8 heteroatoms. The Balaban J connectivity index is 1.21. The maximum absolute atomic E-state index is 12.6. The van der Waals surface area contributed by atoms with Crippen LogP contribution in [0.4, 0.5) is 5.69 Å². The molecule has 0 radical (unpaired) electrons. The minimum Gasteiger partial charge on any atom is -0.487 e. The Morgan fingerprint density at radius 3 is 2.94 bits per heavy atom. The summed E-state index contributed by atoms with van der Waals surface area (Å²) in [6.45, 7) is 2.16. The zero-order chi connectivity index (χ0) is 21.9. The number of thiophene rings is 1. The van der Waals surface area contributed by atoms with Gasteiger partial charge in [-0.3, -0.25) is 4.79 Å². The van der Waals surface area contributed by atoms with Crippen molar-refractivity contribution in [2.75, 3.05) is 5.32 Å². The Morgan fingerprint density at radius 2 is 2.09 bits per heavy atom. The first-order chi connectivity index (χ1) is 15.6.